The van der Waals surface area contributed by atoms with Crippen molar-refractivity contribution in [2.75, 3.05) is 21.1 Å². The molecule has 0 saturated heterocycles. The van der Waals surface area contributed by atoms with Crippen molar-refractivity contribution in [3.8, 4) is 0 Å². The molecule has 0 fully saturated rings. The van der Waals surface area contributed by atoms with Gasteiger partial charge in [0.1, 0.15) is 0 Å². The van der Waals surface area contributed by atoms with E-state index in [1.807, 2.05) is 21.1 Å². The Morgan fingerprint density at radius 3 is 1.78 bits per heavy atom. The quantitative estimate of drug-likeness (QED) is 0.481. The molecule has 53 valence electrons. The molecule has 0 heterocycles. The summed E-state index contributed by atoms with van der Waals surface area (Å²) in [5.41, 5.74) is 6.78. The molecule has 1 N–H and O–H groups in total. The maximum atomic E-state index is 10.4. The van der Waals surface area contributed by atoms with Crippen LogP contribution in [-0.4, -0.2) is 37.6 Å². The largest absolute Gasteiger partial charge is 0.321 e. The Kier molecular flexibility index (Phi) is 2.20. The number of carbonyl (C=O) groups excluding carboxylic acids is 1. The Morgan fingerprint density at radius 2 is 1.78 bits per heavy atom. The van der Waals surface area contributed by atoms with Crippen molar-refractivity contribution in [2.24, 2.45) is 0 Å². The van der Waals surface area contributed by atoms with Gasteiger partial charge in [-0.25, -0.2) is 0 Å². The summed E-state index contributed by atoms with van der Waals surface area (Å²) >= 11 is 0. The number of nitrogens with zero attached hydrogens (tertiary/aromatic N) is 1. The smallest absolute Gasteiger partial charge is 0.296 e. The van der Waals surface area contributed by atoms with E-state index in [-0.39, 0.29) is 6.04 Å². The Balaban J connectivity index is 4.04. The van der Waals surface area contributed by atoms with Gasteiger partial charge in [0.2, 0.25) is 0 Å². The van der Waals surface area contributed by atoms with Crippen LogP contribution in [0.15, 0.2) is 0 Å². The van der Waals surface area contributed by atoms with Crippen LogP contribution in [0.25, 0.3) is 0 Å². The van der Waals surface area contributed by atoms with Gasteiger partial charge in [0.05, 0.1) is 21.1 Å². The Labute approximate surface area is 56.0 Å². The van der Waals surface area contributed by atoms with Gasteiger partial charge in [-0.15, -0.1) is 0 Å². The molecular formula is C6H14N2O+. The zero-order valence-electron chi connectivity index (χ0n) is 6.43. The SMILES string of the molecule is CC(C([NH])=O)[N+](C)(C)C. The number of rotatable bonds is 2. The van der Waals surface area contributed by atoms with Gasteiger partial charge in [-0.1, -0.05) is 0 Å². The number of carbonyl (C=O) groups is 1. The molecule has 0 aliphatic rings. The molecule has 0 aliphatic carbocycles. The number of quaternary nitrogens is 1. The third-order valence-corrected chi connectivity index (χ3v) is 1.54. The molecule has 0 saturated carbocycles. The fourth-order valence-electron chi connectivity index (χ4n) is 0.352. The average Bonchev–Trinajstić information content (AvgIpc) is 1.62. The van der Waals surface area contributed by atoms with Gasteiger partial charge in [0, 0.05) is 0 Å². The zero-order valence-corrected chi connectivity index (χ0v) is 6.43. The predicted molar refractivity (Wildman–Crippen MR) is 35.6 cm³/mol. The number of hydrogen-bond donors (Lipinski definition) is 0. The van der Waals surface area contributed by atoms with Crippen molar-refractivity contribution in [3.05, 3.63) is 0 Å². The lowest BCUT2D eigenvalue weighted by atomic mass is 10.2. The minimum atomic E-state index is -0.498. The number of likely N-dealkylation sites (N-methyl/N-ethyl adjacent to an activating group) is 1. The molecule has 0 aromatic heterocycles. The summed E-state index contributed by atoms with van der Waals surface area (Å²) in [5.74, 6) is -0.498. The van der Waals surface area contributed by atoms with E-state index in [1.54, 1.807) is 6.92 Å². The van der Waals surface area contributed by atoms with Crippen molar-refractivity contribution < 1.29 is 9.28 Å². The van der Waals surface area contributed by atoms with Gasteiger partial charge in [-0.2, -0.15) is 0 Å². The van der Waals surface area contributed by atoms with Crippen LogP contribution in [0.4, 0.5) is 0 Å². The highest BCUT2D eigenvalue weighted by Crippen LogP contribution is 1.99. The molecule has 0 aromatic carbocycles. The number of nitrogens with one attached hydrogen (secondary N) is 1. The lowest BCUT2D eigenvalue weighted by Crippen LogP contribution is -2.48. The van der Waals surface area contributed by atoms with Gasteiger partial charge >= 0.3 is 0 Å². The number of hydrogen-bond acceptors (Lipinski definition) is 1. The Morgan fingerprint density at radius 1 is 1.44 bits per heavy atom. The second kappa shape index (κ2) is 2.35. The topological polar surface area (TPSA) is 40.9 Å². The van der Waals surface area contributed by atoms with Gasteiger partial charge in [-0.05, 0) is 6.92 Å². The van der Waals surface area contributed by atoms with E-state index >= 15 is 0 Å². The minimum absolute atomic E-state index is 0.218. The third kappa shape index (κ3) is 2.46. The molecule has 1 radical (unpaired) electrons. The highest BCUT2D eigenvalue weighted by molar-refractivity contribution is 5.77. The molecule has 3 heteroatoms. The second-order valence-electron chi connectivity index (χ2n) is 3.16. The lowest BCUT2D eigenvalue weighted by Gasteiger charge is -2.28. The van der Waals surface area contributed by atoms with Crippen molar-refractivity contribution in [2.45, 2.75) is 13.0 Å². The normalized spacial score (nSPS) is 15.1. The maximum absolute atomic E-state index is 10.4. The summed E-state index contributed by atoms with van der Waals surface area (Å²) in [4.78, 5) is 10.4. The van der Waals surface area contributed by atoms with Gasteiger partial charge in [-0.3, -0.25) is 10.5 Å². The van der Waals surface area contributed by atoms with Crippen LogP contribution < -0.4 is 5.73 Å². The van der Waals surface area contributed by atoms with E-state index < -0.39 is 5.91 Å². The third-order valence-electron chi connectivity index (χ3n) is 1.54. The minimum Gasteiger partial charge on any atom is -0.321 e. The van der Waals surface area contributed by atoms with Gasteiger partial charge in [0.15, 0.2) is 6.04 Å². The van der Waals surface area contributed by atoms with Crippen molar-refractivity contribution in [1.82, 2.24) is 5.73 Å². The molecule has 0 aromatic rings. The van der Waals surface area contributed by atoms with E-state index in [1.165, 1.54) is 0 Å². The van der Waals surface area contributed by atoms with E-state index in [0.29, 0.717) is 4.48 Å². The molecule has 9 heavy (non-hydrogen) atoms. The van der Waals surface area contributed by atoms with Crippen molar-refractivity contribution >= 4 is 5.91 Å². The van der Waals surface area contributed by atoms with Crippen LogP contribution in [0.3, 0.4) is 0 Å². The van der Waals surface area contributed by atoms with Crippen LogP contribution in [0.2, 0.25) is 0 Å². The molecule has 0 spiro atoms. The molecular weight excluding hydrogens is 116 g/mol. The van der Waals surface area contributed by atoms with Crippen LogP contribution >= 0.6 is 0 Å². The van der Waals surface area contributed by atoms with Gasteiger partial charge in [0.25, 0.3) is 5.91 Å². The summed E-state index contributed by atoms with van der Waals surface area (Å²) in [6.07, 6.45) is 0. The monoisotopic (exact) mass is 130 g/mol. The summed E-state index contributed by atoms with van der Waals surface area (Å²) in [6, 6.07) is -0.218. The van der Waals surface area contributed by atoms with Crippen LogP contribution in [0.5, 0.6) is 0 Å². The fourth-order valence-corrected chi connectivity index (χ4v) is 0.352. The van der Waals surface area contributed by atoms with E-state index in [2.05, 4.69) is 0 Å². The second-order valence-corrected chi connectivity index (χ2v) is 3.16. The average molecular weight is 130 g/mol. The summed E-state index contributed by atoms with van der Waals surface area (Å²) in [7, 11) is 5.70. The molecule has 1 atom stereocenters. The molecule has 3 nitrogen and oxygen atoms in total. The molecule has 0 aliphatic heterocycles. The van der Waals surface area contributed by atoms with E-state index in [0.717, 1.165) is 0 Å². The molecule has 0 bridgehead atoms. The highest BCUT2D eigenvalue weighted by atomic mass is 16.1. The van der Waals surface area contributed by atoms with Crippen LogP contribution in [0.1, 0.15) is 6.92 Å². The fraction of sp³-hybridized carbons (Fsp3) is 0.833. The lowest BCUT2D eigenvalue weighted by molar-refractivity contribution is -0.884. The first-order valence-electron chi connectivity index (χ1n) is 2.92. The Bertz CT molecular complexity index is 115. The molecule has 1 amide bonds. The first kappa shape index (κ1) is 8.43. The standard InChI is InChI=1S/C6H14N2O/c1-5(6(7)9)8(2,3)4/h5,7H,1-4H3/q+1. The first-order chi connectivity index (χ1) is 3.85. The first-order valence-corrected chi connectivity index (χ1v) is 2.92. The van der Waals surface area contributed by atoms with E-state index in [9.17, 15) is 4.79 Å². The van der Waals surface area contributed by atoms with Crippen LogP contribution in [-0.2, 0) is 4.79 Å². The maximum Gasteiger partial charge on any atom is 0.296 e. The molecule has 1 unspecified atom stereocenters. The Hall–Kier alpha value is -0.570. The van der Waals surface area contributed by atoms with E-state index in [4.69, 9.17) is 5.73 Å². The summed E-state index contributed by atoms with van der Waals surface area (Å²) in [6.45, 7) is 1.76. The molecule has 0 rings (SSSR count). The van der Waals surface area contributed by atoms with Crippen molar-refractivity contribution in [3.63, 3.8) is 0 Å². The highest BCUT2D eigenvalue weighted by Gasteiger charge is 2.23. The zero-order chi connectivity index (χ0) is 7.65. The van der Waals surface area contributed by atoms with Crippen molar-refractivity contribution in [1.29, 1.82) is 0 Å². The van der Waals surface area contributed by atoms with Crippen LogP contribution in [0, 0.1) is 0 Å². The van der Waals surface area contributed by atoms with Gasteiger partial charge < -0.3 is 4.48 Å². The summed E-state index contributed by atoms with van der Waals surface area (Å²) < 4.78 is 0.530. The predicted octanol–water partition coefficient (Wildman–Crippen LogP) is -0.109. The summed E-state index contributed by atoms with van der Waals surface area (Å²) in [5, 5.41) is 0. The number of amides is 1.